The van der Waals surface area contributed by atoms with Gasteiger partial charge in [0.05, 0.1) is 42.6 Å². The molecule has 2 aromatic carbocycles. The second-order valence-corrected chi connectivity index (χ2v) is 11.6. The minimum absolute atomic E-state index is 0.0131. The molecular weight excluding hydrogens is 618 g/mol. The summed E-state index contributed by atoms with van der Waals surface area (Å²) in [4.78, 5) is 27.2. The first-order valence-electron chi connectivity index (χ1n) is 15.1. The number of halogens is 3. The van der Waals surface area contributed by atoms with Gasteiger partial charge in [-0.05, 0) is 61.7 Å². The number of carboxylic acid groups (broad SMARTS) is 1. The topological polar surface area (TPSA) is 108 Å². The van der Waals surface area contributed by atoms with Gasteiger partial charge in [0.2, 0.25) is 5.88 Å². The van der Waals surface area contributed by atoms with Crippen LogP contribution in [0.1, 0.15) is 42.5 Å². The van der Waals surface area contributed by atoms with Gasteiger partial charge in [-0.3, -0.25) is 9.69 Å². The molecule has 0 bridgehead atoms. The normalized spacial score (nSPS) is 14.2. The van der Waals surface area contributed by atoms with Crippen LogP contribution in [0.2, 0.25) is 5.02 Å². The summed E-state index contributed by atoms with van der Waals surface area (Å²) < 4.78 is 44.3. The zero-order chi connectivity index (χ0) is 32.2. The van der Waals surface area contributed by atoms with Crippen LogP contribution >= 0.6 is 11.6 Å². The number of benzene rings is 2. The van der Waals surface area contributed by atoms with E-state index < -0.39 is 17.6 Å². The van der Waals surface area contributed by atoms with Crippen LogP contribution in [0.4, 0.5) is 8.78 Å². The maximum Gasteiger partial charge on any atom is 0.307 e. The molecule has 5 aromatic rings. The molecule has 46 heavy (non-hydrogen) atoms. The second-order valence-electron chi connectivity index (χ2n) is 11.2. The molecule has 4 heterocycles. The summed E-state index contributed by atoms with van der Waals surface area (Å²) in [6, 6.07) is 12.4. The van der Waals surface area contributed by atoms with Crippen molar-refractivity contribution in [2.75, 3.05) is 13.1 Å². The first-order valence-corrected chi connectivity index (χ1v) is 15.4. The number of aryl methyl sites for hydroxylation is 1. The number of aliphatic carboxylic acids is 1. The average molecular weight is 651 g/mol. The molecule has 1 fully saturated rings. The van der Waals surface area contributed by atoms with Crippen LogP contribution in [0.15, 0.2) is 61.1 Å². The maximum atomic E-state index is 14.5. The summed E-state index contributed by atoms with van der Waals surface area (Å²) >= 11 is 5.79. The van der Waals surface area contributed by atoms with E-state index in [2.05, 4.69) is 30.9 Å². The quantitative estimate of drug-likeness (QED) is 0.179. The monoisotopic (exact) mass is 650 g/mol. The van der Waals surface area contributed by atoms with Crippen LogP contribution in [0.3, 0.4) is 0 Å². The molecule has 240 valence electrons. The Balaban J connectivity index is 1.11. The Morgan fingerprint density at radius 1 is 1.04 bits per heavy atom. The molecule has 0 unspecified atom stereocenters. The fraction of sp³-hybridized carbons (Fsp3) is 0.333. The lowest BCUT2D eigenvalue weighted by atomic mass is 10.1. The maximum absolute atomic E-state index is 14.5. The molecule has 1 N–H and O–H groups in total. The SMILES string of the molecule is CCn1cncc1Cn1c(CN2CCC(Oc3ccc(F)c(COc4ccc(Cl)cc4F)n3)CC2)nc2ccc(CC(=O)O)cc21. The first kappa shape index (κ1) is 31.4. The summed E-state index contributed by atoms with van der Waals surface area (Å²) in [6.07, 6.45) is 4.93. The molecule has 0 radical (unpaired) electrons. The van der Waals surface area contributed by atoms with Crippen molar-refractivity contribution >= 4 is 28.6 Å². The number of carbonyl (C=O) groups is 1. The highest BCUT2D eigenvalue weighted by atomic mass is 35.5. The lowest BCUT2D eigenvalue weighted by molar-refractivity contribution is -0.136. The van der Waals surface area contributed by atoms with Crippen molar-refractivity contribution in [2.24, 2.45) is 0 Å². The Bertz CT molecular complexity index is 1850. The number of hydrogen-bond acceptors (Lipinski definition) is 7. The molecule has 10 nitrogen and oxygen atoms in total. The predicted molar refractivity (Wildman–Crippen MR) is 167 cm³/mol. The molecule has 1 saturated heterocycles. The first-order chi connectivity index (χ1) is 22.2. The third-order valence-electron chi connectivity index (χ3n) is 8.04. The van der Waals surface area contributed by atoms with Gasteiger partial charge in [0.25, 0.3) is 0 Å². The van der Waals surface area contributed by atoms with Gasteiger partial charge in [0.15, 0.2) is 11.6 Å². The van der Waals surface area contributed by atoms with E-state index in [1.165, 1.54) is 24.3 Å². The van der Waals surface area contributed by atoms with E-state index >= 15 is 0 Å². The van der Waals surface area contributed by atoms with E-state index in [1.54, 1.807) is 6.33 Å². The Morgan fingerprint density at radius 2 is 1.87 bits per heavy atom. The number of imidazole rings is 2. The van der Waals surface area contributed by atoms with Crippen LogP contribution in [-0.2, 0) is 37.5 Å². The van der Waals surface area contributed by atoms with E-state index in [0.29, 0.717) is 13.1 Å². The smallest absolute Gasteiger partial charge is 0.307 e. The summed E-state index contributed by atoms with van der Waals surface area (Å²) in [7, 11) is 0. The Morgan fingerprint density at radius 3 is 2.63 bits per heavy atom. The van der Waals surface area contributed by atoms with E-state index in [4.69, 9.17) is 26.1 Å². The van der Waals surface area contributed by atoms with Crippen molar-refractivity contribution in [2.45, 2.75) is 58.5 Å². The number of carboxylic acids is 1. The minimum Gasteiger partial charge on any atom is -0.484 e. The van der Waals surface area contributed by atoms with Gasteiger partial charge in [-0.15, -0.1) is 0 Å². The van der Waals surface area contributed by atoms with Crippen molar-refractivity contribution < 1.29 is 28.2 Å². The van der Waals surface area contributed by atoms with Crippen LogP contribution in [0, 0.1) is 11.6 Å². The highest BCUT2D eigenvalue weighted by molar-refractivity contribution is 6.30. The third-order valence-corrected chi connectivity index (χ3v) is 8.28. The molecule has 0 atom stereocenters. The summed E-state index contributed by atoms with van der Waals surface area (Å²) in [5, 5.41) is 9.57. The lowest BCUT2D eigenvalue weighted by Gasteiger charge is -2.31. The number of likely N-dealkylation sites (tertiary alicyclic amines) is 1. The van der Waals surface area contributed by atoms with Crippen molar-refractivity contribution in [3.8, 4) is 11.6 Å². The Hall–Kier alpha value is -4.55. The number of piperidine rings is 1. The fourth-order valence-corrected chi connectivity index (χ4v) is 5.81. The summed E-state index contributed by atoms with van der Waals surface area (Å²) in [6.45, 7) is 5.24. The zero-order valence-corrected chi connectivity index (χ0v) is 26.0. The lowest BCUT2D eigenvalue weighted by Crippen LogP contribution is -2.38. The van der Waals surface area contributed by atoms with Gasteiger partial charge < -0.3 is 23.7 Å². The second kappa shape index (κ2) is 13.8. The van der Waals surface area contributed by atoms with E-state index in [0.717, 1.165) is 66.7 Å². The number of pyridine rings is 1. The summed E-state index contributed by atoms with van der Waals surface area (Å²) in [5.41, 5.74) is 3.46. The van der Waals surface area contributed by atoms with Crippen molar-refractivity contribution in [3.05, 3.63) is 100 Å². The molecule has 1 aliphatic heterocycles. The van der Waals surface area contributed by atoms with Gasteiger partial charge in [-0.2, -0.15) is 0 Å². The van der Waals surface area contributed by atoms with Crippen molar-refractivity contribution in [1.29, 1.82) is 0 Å². The van der Waals surface area contributed by atoms with Gasteiger partial charge >= 0.3 is 5.97 Å². The highest BCUT2D eigenvalue weighted by Crippen LogP contribution is 2.26. The van der Waals surface area contributed by atoms with E-state index in [9.17, 15) is 18.7 Å². The number of ether oxygens (including phenoxy) is 2. The molecule has 13 heteroatoms. The molecular formula is C33H33ClF2N6O4. The van der Waals surface area contributed by atoms with Gasteiger partial charge in [-0.1, -0.05) is 17.7 Å². The van der Waals surface area contributed by atoms with E-state index in [1.807, 2.05) is 24.4 Å². The highest BCUT2D eigenvalue weighted by Gasteiger charge is 2.24. The number of nitrogens with zero attached hydrogens (tertiary/aromatic N) is 6. The largest absolute Gasteiger partial charge is 0.484 e. The number of fused-ring (bicyclic) bond motifs is 1. The molecule has 0 saturated carbocycles. The molecule has 3 aromatic heterocycles. The van der Waals surface area contributed by atoms with Crippen LogP contribution < -0.4 is 9.47 Å². The Kier molecular flexibility index (Phi) is 9.46. The van der Waals surface area contributed by atoms with Crippen LogP contribution in [0.25, 0.3) is 11.0 Å². The van der Waals surface area contributed by atoms with E-state index in [-0.39, 0.29) is 41.5 Å². The fourth-order valence-electron chi connectivity index (χ4n) is 5.65. The number of aromatic nitrogens is 5. The Labute approximate surface area is 269 Å². The van der Waals surface area contributed by atoms with Crippen molar-refractivity contribution in [3.63, 3.8) is 0 Å². The molecule has 6 rings (SSSR count). The molecule has 0 aliphatic carbocycles. The van der Waals surface area contributed by atoms with Crippen molar-refractivity contribution in [1.82, 2.24) is 29.0 Å². The number of rotatable bonds is 12. The predicted octanol–water partition coefficient (Wildman–Crippen LogP) is 5.88. The average Bonchev–Trinajstić information content (AvgIpc) is 3.62. The number of hydrogen-bond donors (Lipinski definition) is 1. The molecule has 0 amide bonds. The van der Waals surface area contributed by atoms with Gasteiger partial charge in [0.1, 0.15) is 30.0 Å². The zero-order valence-electron chi connectivity index (χ0n) is 25.2. The third kappa shape index (κ3) is 7.29. The van der Waals surface area contributed by atoms with Gasteiger partial charge in [-0.25, -0.2) is 23.7 Å². The van der Waals surface area contributed by atoms with Crippen LogP contribution in [-0.4, -0.2) is 59.3 Å². The molecule has 1 aliphatic rings. The summed E-state index contributed by atoms with van der Waals surface area (Å²) in [5.74, 6) is -0.980. The minimum atomic E-state index is -0.881. The van der Waals surface area contributed by atoms with Crippen LogP contribution in [0.5, 0.6) is 11.6 Å². The molecule has 0 spiro atoms. The van der Waals surface area contributed by atoms with Gasteiger partial charge in [0, 0.05) is 36.9 Å². The standard InChI is InChI=1S/C33H33ClF2N6O4/c1-2-41-20-37-16-23(41)17-42-29-13-21(14-33(43)44)3-6-27(29)38-31(42)18-40-11-9-24(10-12-40)46-32-8-5-25(35)28(39-32)19-45-30-7-4-22(34)15-26(30)36/h3-8,13,15-16,20,24H,2,9-12,14,17-19H2,1H3,(H,43,44).